The van der Waals surface area contributed by atoms with E-state index in [0.717, 1.165) is 18.7 Å². The largest absolute Gasteiger partial charge is 0.395 e. The zero-order valence-electron chi connectivity index (χ0n) is 11.4. The van der Waals surface area contributed by atoms with E-state index in [0.29, 0.717) is 17.3 Å². The molecule has 0 aromatic carbocycles. The van der Waals surface area contributed by atoms with Crippen molar-refractivity contribution >= 4 is 11.6 Å². The Morgan fingerprint density at radius 1 is 1.56 bits per heavy atom. The standard InChI is InChI=1S/C13H22N4O/c1-4-10-11(14)12(17(3)15-10)13(18)16(2)8-9-6-5-7-9/h9H,4-8,14H2,1-3H3. The monoisotopic (exact) mass is 250 g/mol. The van der Waals surface area contributed by atoms with Crippen LogP contribution in [0, 0.1) is 5.92 Å². The third kappa shape index (κ3) is 2.21. The summed E-state index contributed by atoms with van der Waals surface area (Å²) >= 11 is 0. The molecule has 0 saturated heterocycles. The summed E-state index contributed by atoms with van der Waals surface area (Å²) in [4.78, 5) is 14.2. The van der Waals surface area contributed by atoms with Crippen molar-refractivity contribution in [2.45, 2.75) is 32.6 Å². The number of carbonyl (C=O) groups is 1. The van der Waals surface area contributed by atoms with Crippen molar-refractivity contribution in [1.29, 1.82) is 0 Å². The van der Waals surface area contributed by atoms with E-state index >= 15 is 0 Å². The first kappa shape index (κ1) is 12.9. The van der Waals surface area contributed by atoms with Gasteiger partial charge in [-0.15, -0.1) is 0 Å². The van der Waals surface area contributed by atoms with Gasteiger partial charge in [0.05, 0.1) is 11.4 Å². The highest BCUT2D eigenvalue weighted by Crippen LogP contribution is 2.27. The van der Waals surface area contributed by atoms with Gasteiger partial charge in [0.1, 0.15) is 5.69 Å². The molecule has 18 heavy (non-hydrogen) atoms. The fourth-order valence-corrected chi connectivity index (χ4v) is 2.44. The Kier molecular flexibility index (Phi) is 3.59. The first-order valence-electron chi connectivity index (χ1n) is 6.61. The predicted octanol–water partition coefficient (Wildman–Crippen LogP) is 1.44. The molecular formula is C13H22N4O. The van der Waals surface area contributed by atoms with E-state index in [1.807, 2.05) is 14.0 Å². The molecule has 1 amide bonds. The average molecular weight is 250 g/mol. The van der Waals surface area contributed by atoms with E-state index in [4.69, 9.17) is 5.73 Å². The zero-order valence-corrected chi connectivity index (χ0v) is 11.4. The minimum absolute atomic E-state index is 0.0194. The third-order valence-corrected chi connectivity index (χ3v) is 3.80. The molecule has 1 aliphatic rings. The van der Waals surface area contributed by atoms with Gasteiger partial charge in [-0.05, 0) is 25.2 Å². The molecule has 2 N–H and O–H groups in total. The molecule has 1 aliphatic carbocycles. The van der Waals surface area contributed by atoms with E-state index in [1.165, 1.54) is 19.3 Å². The van der Waals surface area contributed by atoms with Crippen molar-refractivity contribution in [3.63, 3.8) is 0 Å². The lowest BCUT2D eigenvalue weighted by Gasteiger charge is -2.30. The van der Waals surface area contributed by atoms with E-state index in [-0.39, 0.29) is 5.91 Å². The Balaban J connectivity index is 2.14. The van der Waals surface area contributed by atoms with Crippen LogP contribution < -0.4 is 5.73 Å². The van der Waals surface area contributed by atoms with Crippen molar-refractivity contribution < 1.29 is 4.79 Å². The van der Waals surface area contributed by atoms with Crippen LogP contribution in [0.15, 0.2) is 0 Å². The Morgan fingerprint density at radius 2 is 2.22 bits per heavy atom. The van der Waals surface area contributed by atoms with Crippen molar-refractivity contribution in [1.82, 2.24) is 14.7 Å². The molecule has 2 rings (SSSR count). The van der Waals surface area contributed by atoms with Gasteiger partial charge in [0, 0.05) is 20.6 Å². The number of nitrogens with zero attached hydrogens (tertiary/aromatic N) is 3. The maximum atomic E-state index is 12.4. The van der Waals surface area contributed by atoms with Gasteiger partial charge in [0.2, 0.25) is 0 Å². The quantitative estimate of drug-likeness (QED) is 0.879. The normalized spacial score (nSPS) is 15.5. The summed E-state index contributed by atoms with van der Waals surface area (Å²) in [6, 6.07) is 0. The van der Waals surface area contributed by atoms with Crippen LogP contribution in [0.5, 0.6) is 0 Å². The summed E-state index contributed by atoms with van der Waals surface area (Å²) in [6.45, 7) is 2.82. The Labute approximate surface area is 108 Å². The molecule has 100 valence electrons. The summed E-state index contributed by atoms with van der Waals surface area (Å²) in [5.74, 6) is 0.646. The number of hydrogen-bond acceptors (Lipinski definition) is 3. The summed E-state index contributed by atoms with van der Waals surface area (Å²) in [5.41, 5.74) is 7.86. The first-order valence-corrected chi connectivity index (χ1v) is 6.61. The zero-order chi connectivity index (χ0) is 13.3. The van der Waals surface area contributed by atoms with Crippen LogP contribution in [0.4, 0.5) is 5.69 Å². The fraction of sp³-hybridized carbons (Fsp3) is 0.692. The summed E-state index contributed by atoms with van der Waals surface area (Å²) < 4.78 is 1.60. The van der Waals surface area contributed by atoms with Crippen LogP contribution in [0.25, 0.3) is 0 Å². The molecular weight excluding hydrogens is 228 g/mol. The lowest BCUT2D eigenvalue weighted by molar-refractivity contribution is 0.0735. The molecule has 1 saturated carbocycles. The number of aromatic nitrogens is 2. The third-order valence-electron chi connectivity index (χ3n) is 3.80. The van der Waals surface area contributed by atoms with Gasteiger partial charge >= 0.3 is 0 Å². The molecule has 1 aromatic rings. The van der Waals surface area contributed by atoms with Crippen LogP contribution in [0.3, 0.4) is 0 Å². The predicted molar refractivity (Wildman–Crippen MR) is 71.3 cm³/mol. The minimum atomic E-state index is -0.0194. The Bertz CT molecular complexity index is 448. The van der Waals surface area contributed by atoms with Gasteiger partial charge in [-0.25, -0.2) is 0 Å². The lowest BCUT2D eigenvalue weighted by atomic mass is 9.85. The van der Waals surface area contributed by atoms with Gasteiger partial charge in [0.15, 0.2) is 0 Å². The van der Waals surface area contributed by atoms with Crippen LogP contribution in [0.1, 0.15) is 42.4 Å². The van der Waals surface area contributed by atoms with Crippen LogP contribution >= 0.6 is 0 Å². The summed E-state index contributed by atoms with van der Waals surface area (Å²) in [5, 5.41) is 4.29. The van der Waals surface area contributed by atoms with Gasteiger partial charge in [-0.2, -0.15) is 5.10 Å². The average Bonchev–Trinajstić information content (AvgIpc) is 2.57. The number of aryl methyl sites for hydroxylation is 2. The van der Waals surface area contributed by atoms with Gasteiger partial charge < -0.3 is 10.6 Å². The number of anilines is 1. The number of nitrogen functional groups attached to an aromatic ring is 1. The van der Waals surface area contributed by atoms with Crippen molar-refractivity contribution in [2.24, 2.45) is 13.0 Å². The maximum absolute atomic E-state index is 12.4. The van der Waals surface area contributed by atoms with Crippen molar-refractivity contribution in [2.75, 3.05) is 19.3 Å². The molecule has 5 heteroatoms. The maximum Gasteiger partial charge on any atom is 0.274 e. The van der Waals surface area contributed by atoms with Crippen LogP contribution in [0.2, 0.25) is 0 Å². The molecule has 0 unspecified atom stereocenters. The molecule has 1 heterocycles. The topological polar surface area (TPSA) is 64.2 Å². The number of rotatable bonds is 4. The van der Waals surface area contributed by atoms with Gasteiger partial charge in [-0.3, -0.25) is 9.48 Å². The van der Waals surface area contributed by atoms with E-state index in [1.54, 1.807) is 16.6 Å². The van der Waals surface area contributed by atoms with Crippen LogP contribution in [-0.4, -0.2) is 34.2 Å². The smallest absolute Gasteiger partial charge is 0.274 e. The second kappa shape index (κ2) is 5.00. The minimum Gasteiger partial charge on any atom is -0.395 e. The van der Waals surface area contributed by atoms with E-state index in [2.05, 4.69) is 5.10 Å². The summed E-state index contributed by atoms with van der Waals surface area (Å²) in [6.07, 6.45) is 4.51. The number of amides is 1. The van der Waals surface area contributed by atoms with Gasteiger partial charge in [0.25, 0.3) is 5.91 Å². The fourth-order valence-electron chi connectivity index (χ4n) is 2.44. The second-order valence-corrected chi connectivity index (χ2v) is 5.17. The highest BCUT2D eigenvalue weighted by molar-refractivity contribution is 5.97. The second-order valence-electron chi connectivity index (χ2n) is 5.17. The van der Waals surface area contributed by atoms with E-state index in [9.17, 15) is 4.79 Å². The number of carbonyl (C=O) groups excluding carboxylic acids is 1. The Hall–Kier alpha value is -1.52. The molecule has 1 fully saturated rings. The number of nitrogens with two attached hydrogens (primary N) is 1. The molecule has 0 atom stereocenters. The van der Waals surface area contributed by atoms with Crippen molar-refractivity contribution in [3.8, 4) is 0 Å². The lowest BCUT2D eigenvalue weighted by Crippen LogP contribution is -2.35. The SMILES string of the molecule is CCc1nn(C)c(C(=O)N(C)CC2CCC2)c1N. The van der Waals surface area contributed by atoms with E-state index < -0.39 is 0 Å². The van der Waals surface area contributed by atoms with Gasteiger partial charge in [-0.1, -0.05) is 13.3 Å². The number of hydrogen-bond donors (Lipinski definition) is 1. The highest BCUT2D eigenvalue weighted by atomic mass is 16.2. The van der Waals surface area contributed by atoms with Crippen molar-refractivity contribution in [3.05, 3.63) is 11.4 Å². The molecule has 0 radical (unpaired) electrons. The molecule has 5 nitrogen and oxygen atoms in total. The highest BCUT2D eigenvalue weighted by Gasteiger charge is 2.26. The Morgan fingerprint density at radius 3 is 2.67 bits per heavy atom. The summed E-state index contributed by atoms with van der Waals surface area (Å²) in [7, 11) is 3.62. The van der Waals surface area contributed by atoms with Crippen LogP contribution in [-0.2, 0) is 13.5 Å². The molecule has 0 bridgehead atoms. The molecule has 0 aliphatic heterocycles. The molecule has 0 spiro atoms. The first-order chi connectivity index (χ1) is 8.54. The molecule has 1 aromatic heterocycles.